The van der Waals surface area contributed by atoms with E-state index in [-0.39, 0.29) is 5.78 Å². The number of carbonyl (C=O) groups excluding carboxylic acids is 1. The Balaban J connectivity index is 1.30. The van der Waals surface area contributed by atoms with Crippen molar-refractivity contribution in [1.82, 2.24) is 15.1 Å². The molecule has 8 heteroatoms. The van der Waals surface area contributed by atoms with Crippen molar-refractivity contribution in [2.24, 2.45) is 0 Å². The van der Waals surface area contributed by atoms with Crippen LogP contribution in [-0.4, -0.2) is 67.3 Å². The monoisotopic (exact) mass is 428 g/mol. The fraction of sp³-hybridized carbons (Fsp3) is 0.364. The van der Waals surface area contributed by atoms with Crippen LogP contribution in [0.5, 0.6) is 11.5 Å². The first-order valence-corrected chi connectivity index (χ1v) is 10.4. The number of carbonyl (C=O) groups is 1. The van der Waals surface area contributed by atoms with Crippen LogP contribution in [0.15, 0.2) is 36.4 Å². The summed E-state index contributed by atoms with van der Waals surface area (Å²) >= 11 is 6.06. The van der Waals surface area contributed by atoms with Crippen molar-refractivity contribution in [2.45, 2.75) is 6.92 Å². The highest BCUT2D eigenvalue weighted by Crippen LogP contribution is 2.29. The maximum atomic E-state index is 11.5. The van der Waals surface area contributed by atoms with E-state index in [9.17, 15) is 4.79 Å². The van der Waals surface area contributed by atoms with Crippen molar-refractivity contribution in [3.63, 3.8) is 0 Å². The van der Waals surface area contributed by atoms with E-state index < -0.39 is 0 Å². The number of aromatic nitrogens is 2. The lowest BCUT2D eigenvalue weighted by Gasteiger charge is -2.34. The van der Waals surface area contributed by atoms with Gasteiger partial charge in [0, 0.05) is 48.7 Å². The molecule has 0 aliphatic carbocycles. The van der Waals surface area contributed by atoms with Crippen LogP contribution >= 0.6 is 11.6 Å². The Hall–Kier alpha value is -2.77. The van der Waals surface area contributed by atoms with Gasteiger partial charge in [0.2, 0.25) is 0 Å². The van der Waals surface area contributed by atoms with Crippen LogP contribution in [-0.2, 0) is 0 Å². The van der Waals surface area contributed by atoms with Crippen molar-refractivity contribution in [2.75, 3.05) is 51.3 Å². The van der Waals surface area contributed by atoms with Gasteiger partial charge in [-0.05, 0) is 43.3 Å². The van der Waals surface area contributed by atoms with Gasteiger partial charge in [-0.2, -0.15) is 5.10 Å². The number of rotatable bonds is 7. The van der Waals surface area contributed by atoms with Gasteiger partial charge in [0.1, 0.15) is 6.61 Å². The maximum absolute atomic E-state index is 11.5. The van der Waals surface area contributed by atoms with E-state index in [1.165, 1.54) is 6.92 Å². The molecule has 0 saturated carbocycles. The molecule has 0 amide bonds. The van der Waals surface area contributed by atoms with Crippen molar-refractivity contribution in [1.29, 1.82) is 0 Å². The average molecular weight is 429 g/mol. The summed E-state index contributed by atoms with van der Waals surface area (Å²) in [5.41, 5.74) is 1.57. The number of halogens is 1. The molecule has 0 bridgehead atoms. The summed E-state index contributed by atoms with van der Waals surface area (Å²) in [6, 6.07) is 11.1. The minimum atomic E-state index is 0.00510. The Kier molecular flexibility index (Phi) is 6.11. The van der Waals surface area contributed by atoms with E-state index in [0.29, 0.717) is 28.7 Å². The molecule has 158 valence electrons. The van der Waals surface area contributed by atoms with E-state index >= 15 is 0 Å². The minimum absolute atomic E-state index is 0.00510. The number of aromatic amines is 1. The molecule has 2 heterocycles. The molecule has 1 aliphatic heterocycles. The van der Waals surface area contributed by atoms with Gasteiger partial charge in [-0.25, -0.2) is 0 Å². The number of nitrogens with zero attached hydrogens (tertiary/aromatic N) is 3. The van der Waals surface area contributed by atoms with Crippen LogP contribution in [0.3, 0.4) is 0 Å². The van der Waals surface area contributed by atoms with E-state index in [4.69, 9.17) is 21.1 Å². The minimum Gasteiger partial charge on any atom is -0.493 e. The van der Waals surface area contributed by atoms with Crippen LogP contribution in [0.2, 0.25) is 5.02 Å². The summed E-state index contributed by atoms with van der Waals surface area (Å²) in [6.45, 7) is 6.59. The van der Waals surface area contributed by atoms with Crippen LogP contribution in [0, 0.1) is 0 Å². The smallest absolute Gasteiger partial charge is 0.161 e. The first-order chi connectivity index (χ1) is 14.5. The van der Waals surface area contributed by atoms with Crippen molar-refractivity contribution in [3.05, 3.63) is 47.0 Å². The third-order valence-corrected chi connectivity index (χ3v) is 5.65. The first kappa shape index (κ1) is 20.5. The largest absolute Gasteiger partial charge is 0.493 e. The zero-order chi connectivity index (χ0) is 21.1. The van der Waals surface area contributed by atoms with Crippen molar-refractivity contribution in [3.8, 4) is 11.5 Å². The predicted molar refractivity (Wildman–Crippen MR) is 118 cm³/mol. The Bertz CT molecular complexity index is 1040. The number of benzene rings is 2. The maximum Gasteiger partial charge on any atom is 0.161 e. The highest BCUT2D eigenvalue weighted by molar-refractivity contribution is 6.31. The number of ether oxygens (including phenoxy) is 2. The van der Waals surface area contributed by atoms with Crippen LogP contribution in [0.25, 0.3) is 10.9 Å². The van der Waals surface area contributed by atoms with Gasteiger partial charge in [0.15, 0.2) is 23.1 Å². The number of hydrogen-bond acceptors (Lipinski definition) is 6. The Morgan fingerprint density at radius 1 is 1.13 bits per heavy atom. The van der Waals surface area contributed by atoms with Crippen LogP contribution in [0.1, 0.15) is 17.3 Å². The molecule has 0 radical (unpaired) electrons. The third kappa shape index (κ3) is 4.37. The second-order valence-corrected chi connectivity index (χ2v) is 7.77. The highest BCUT2D eigenvalue weighted by Gasteiger charge is 2.21. The Morgan fingerprint density at radius 2 is 1.93 bits per heavy atom. The number of H-pyrrole nitrogens is 1. The van der Waals surface area contributed by atoms with Gasteiger partial charge in [0.25, 0.3) is 0 Å². The standard InChI is InChI=1S/C22H25ClN4O3/c1-15(28)16-3-6-20(21(13-16)29-2)30-12-11-26-7-9-27(10-8-26)22-18-5-4-17(23)14-19(18)24-25-22/h3-6,13-14H,7-12H2,1-2H3,(H,24,25). The van der Waals surface area contributed by atoms with Gasteiger partial charge in [-0.3, -0.25) is 14.8 Å². The highest BCUT2D eigenvalue weighted by atomic mass is 35.5. The number of methoxy groups -OCH3 is 1. The third-order valence-electron chi connectivity index (χ3n) is 5.41. The second-order valence-electron chi connectivity index (χ2n) is 7.34. The fourth-order valence-electron chi connectivity index (χ4n) is 3.69. The molecule has 1 aliphatic rings. The van der Waals surface area contributed by atoms with Gasteiger partial charge in [0.05, 0.1) is 12.6 Å². The Morgan fingerprint density at radius 3 is 2.67 bits per heavy atom. The molecule has 7 nitrogen and oxygen atoms in total. The molecule has 4 rings (SSSR count). The van der Waals surface area contributed by atoms with Crippen molar-refractivity contribution < 1.29 is 14.3 Å². The summed E-state index contributed by atoms with van der Waals surface area (Å²) in [7, 11) is 1.58. The van der Waals surface area contributed by atoms with E-state index in [1.54, 1.807) is 25.3 Å². The number of piperazine rings is 1. The van der Waals surface area contributed by atoms with Crippen LogP contribution in [0.4, 0.5) is 5.82 Å². The zero-order valence-electron chi connectivity index (χ0n) is 17.2. The molecule has 1 fully saturated rings. The number of hydrogen-bond donors (Lipinski definition) is 1. The molecule has 0 spiro atoms. The topological polar surface area (TPSA) is 70.7 Å². The number of anilines is 1. The number of Topliss-reactive ketones (excluding diaryl/α,β-unsaturated/α-hetero) is 1. The molecule has 1 saturated heterocycles. The van der Waals surface area contributed by atoms with E-state index in [2.05, 4.69) is 20.0 Å². The molecule has 30 heavy (non-hydrogen) atoms. The molecular weight excluding hydrogens is 404 g/mol. The molecule has 1 N–H and O–H groups in total. The van der Waals surface area contributed by atoms with Gasteiger partial charge >= 0.3 is 0 Å². The lowest BCUT2D eigenvalue weighted by Crippen LogP contribution is -2.47. The number of fused-ring (bicyclic) bond motifs is 1. The number of nitrogens with one attached hydrogen (secondary N) is 1. The van der Waals surface area contributed by atoms with E-state index in [0.717, 1.165) is 49.4 Å². The average Bonchev–Trinajstić information content (AvgIpc) is 3.17. The molecule has 3 aromatic rings. The molecule has 2 aromatic carbocycles. The predicted octanol–water partition coefficient (Wildman–Crippen LogP) is 3.63. The summed E-state index contributed by atoms with van der Waals surface area (Å²) in [4.78, 5) is 16.2. The SMILES string of the molecule is COc1cc(C(C)=O)ccc1OCCN1CCN(c2n[nH]c3cc(Cl)ccc23)CC1. The van der Waals surface area contributed by atoms with Crippen molar-refractivity contribution >= 4 is 34.1 Å². The van der Waals surface area contributed by atoms with Gasteiger partial charge in [-0.1, -0.05) is 11.6 Å². The lowest BCUT2D eigenvalue weighted by atomic mass is 10.1. The fourth-order valence-corrected chi connectivity index (χ4v) is 3.86. The van der Waals surface area contributed by atoms with Gasteiger partial charge < -0.3 is 14.4 Å². The molecule has 0 atom stereocenters. The summed E-state index contributed by atoms with van der Waals surface area (Å²) in [6.07, 6.45) is 0. The first-order valence-electron chi connectivity index (χ1n) is 9.98. The Labute approximate surface area is 180 Å². The van der Waals surface area contributed by atoms with Gasteiger partial charge in [-0.15, -0.1) is 0 Å². The molecule has 0 unspecified atom stereocenters. The summed E-state index contributed by atoms with van der Waals surface area (Å²) in [5, 5.41) is 9.35. The summed E-state index contributed by atoms with van der Waals surface area (Å²) < 4.78 is 11.3. The lowest BCUT2D eigenvalue weighted by molar-refractivity contribution is 0.101. The number of ketones is 1. The quantitative estimate of drug-likeness (QED) is 0.579. The molecule has 1 aromatic heterocycles. The second kappa shape index (κ2) is 8.93. The zero-order valence-corrected chi connectivity index (χ0v) is 17.9. The summed E-state index contributed by atoms with van der Waals surface area (Å²) in [5.74, 6) is 2.22. The molecular formula is C22H25ClN4O3. The normalized spacial score (nSPS) is 14.8. The van der Waals surface area contributed by atoms with Crippen LogP contribution < -0.4 is 14.4 Å². The van der Waals surface area contributed by atoms with E-state index in [1.807, 2.05) is 18.2 Å².